The molecule has 0 aromatic heterocycles. The van der Waals surface area contributed by atoms with Gasteiger partial charge in [0.2, 0.25) is 0 Å². The van der Waals surface area contributed by atoms with Gasteiger partial charge in [-0.3, -0.25) is 4.90 Å². The Morgan fingerprint density at radius 2 is 1.89 bits per heavy atom. The first kappa shape index (κ1) is 15.3. The van der Waals surface area contributed by atoms with E-state index in [4.69, 9.17) is 0 Å². The van der Waals surface area contributed by atoms with Crippen LogP contribution in [0.5, 0.6) is 0 Å². The van der Waals surface area contributed by atoms with Crippen molar-refractivity contribution in [2.45, 2.75) is 57.0 Å². The summed E-state index contributed by atoms with van der Waals surface area (Å²) in [5, 5.41) is 3.71. The number of rotatable bonds is 4. The van der Waals surface area contributed by atoms with Crippen molar-refractivity contribution in [3.63, 3.8) is 0 Å². The first-order valence-corrected chi connectivity index (χ1v) is 9.53. The lowest BCUT2D eigenvalue weighted by Gasteiger charge is -2.52. The quantitative estimate of drug-likeness (QED) is 0.850. The van der Waals surface area contributed by atoms with Crippen molar-refractivity contribution in [2.24, 2.45) is 0 Å². The highest BCUT2D eigenvalue weighted by atomic mass is 32.2. The van der Waals surface area contributed by atoms with Crippen LogP contribution >= 0.6 is 0 Å². The Hall–Kier alpha value is -0.130. The third kappa shape index (κ3) is 3.50. The van der Waals surface area contributed by atoms with Crippen molar-refractivity contribution in [3.8, 4) is 0 Å². The largest absolute Gasteiger partial charge is 0.308 e. The SMILES string of the molecule is CCC1(C)CN(CCS(C)(=O)=O)C2(CCCC2)CN1. The van der Waals surface area contributed by atoms with Crippen LogP contribution in [0.4, 0.5) is 0 Å². The highest BCUT2D eigenvalue weighted by Crippen LogP contribution is 2.38. The van der Waals surface area contributed by atoms with Crippen molar-refractivity contribution in [1.29, 1.82) is 0 Å². The summed E-state index contributed by atoms with van der Waals surface area (Å²) in [4.78, 5) is 2.47. The molecule has 0 amide bonds. The van der Waals surface area contributed by atoms with Gasteiger partial charge in [-0.2, -0.15) is 0 Å². The first-order chi connectivity index (χ1) is 8.79. The second kappa shape index (κ2) is 5.34. The fourth-order valence-electron chi connectivity index (χ4n) is 3.49. The summed E-state index contributed by atoms with van der Waals surface area (Å²) in [6, 6.07) is 0. The number of piperazine rings is 1. The molecule has 1 aliphatic heterocycles. The first-order valence-electron chi connectivity index (χ1n) is 7.46. The van der Waals surface area contributed by atoms with E-state index in [0.717, 1.165) is 19.5 Å². The van der Waals surface area contributed by atoms with Gasteiger partial charge in [0.1, 0.15) is 9.84 Å². The maximum absolute atomic E-state index is 11.5. The van der Waals surface area contributed by atoms with Crippen molar-refractivity contribution in [1.82, 2.24) is 10.2 Å². The molecule has 0 bridgehead atoms. The minimum atomic E-state index is -2.88. The fourth-order valence-corrected chi connectivity index (χ4v) is 4.04. The molecule has 1 heterocycles. The van der Waals surface area contributed by atoms with Gasteiger partial charge in [-0.1, -0.05) is 19.8 Å². The molecule has 1 atom stereocenters. The molecule has 5 heteroatoms. The second-order valence-electron chi connectivity index (χ2n) is 6.75. The number of nitrogens with zero attached hydrogens (tertiary/aromatic N) is 1. The van der Waals surface area contributed by atoms with Crippen LogP contribution in [-0.2, 0) is 9.84 Å². The van der Waals surface area contributed by atoms with Crippen LogP contribution in [0, 0.1) is 0 Å². The smallest absolute Gasteiger partial charge is 0.148 e. The van der Waals surface area contributed by atoms with E-state index in [-0.39, 0.29) is 16.8 Å². The van der Waals surface area contributed by atoms with Crippen LogP contribution in [0.2, 0.25) is 0 Å². The molecule has 2 fully saturated rings. The topological polar surface area (TPSA) is 49.4 Å². The Labute approximate surface area is 117 Å². The number of nitrogens with one attached hydrogen (secondary N) is 1. The number of hydrogen-bond donors (Lipinski definition) is 1. The third-order valence-electron chi connectivity index (χ3n) is 5.10. The average molecular weight is 288 g/mol. The molecule has 1 unspecified atom stereocenters. The van der Waals surface area contributed by atoms with Gasteiger partial charge in [-0.25, -0.2) is 8.42 Å². The lowest BCUT2D eigenvalue weighted by atomic mass is 9.85. The maximum Gasteiger partial charge on any atom is 0.148 e. The van der Waals surface area contributed by atoms with Crippen LogP contribution in [0.3, 0.4) is 0 Å². The van der Waals surface area contributed by atoms with Crippen LogP contribution < -0.4 is 5.32 Å². The van der Waals surface area contributed by atoms with Crippen molar-refractivity contribution in [3.05, 3.63) is 0 Å². The van der Waals surface area contributed by atoms with Gasteiger partial charge in [0.05, 0.1) is 5.75 Å². The zero-order chi connectivity index (χ0) is 14.1. The van der Waals surface area contributed by atoms with Gasteiger partial charge in [-0.15, -0.1) is 0 Å². The standard InChI is InChI=1S/C14H28N2O2S/c1-4-13(2)12-16(9-10-19(3,17)18)14(11-15-13)7-5-6-8-14/h15H,4-12H2,1-3H3. The minimum Gasteiger partial charge on any atom is -0.308 e. The average Bonchev–Trinajstić information content (AvgIpc) is 2.80. The van der Waals surface area contributed by atoms with Crippen molar-refractivity contribution in [2.75, 3.05) is 31.6 Å². The number of sulfone groups is 1. The van der Waals surface area contributed by atoms with Gasteiger partial charge in [-0.05, 0) is 26.2 Å². The molecular weight excluding hydrogens is 260 g/mol. The zero-order valence-electron chi connectivity index (χ0n) is 12.5. The maximum atomic E-state index is 11.5. The Morgan fingerprint density at radius 1 is 1.26 bits per heavy atom. The Balaban J connectivity index is 2.11. The summed E-state index contributed by atoms with van der Waals surface area (Å²) in [6.45, 7) is 7.13. The molecule has 4 nitrogen and oxygen atoms in total. The molecule has 0 aromatic rings. The van der Waals surface area contributed by atoms with Crippen molar-refractivity contribution >= 4 is 9.84 Å². The molecule has 112 valence electrons. The van der Waals surface area contributed by atoms with Gasteiger partial charge < -0.3 is 5.32 Å². The molecule has 2 aliphatic rings. The van der Waals surface area contributed by atoms with E-state index < -0.39 is 9.84 Å². The van der Waals surface area contributed by atoms with Crippen LogP contribution in [0.25, 0.3) is 0 Å². The molecule has 0 aromatic carbocycles. The van der Waals surface area contributed by atoms with Crippen LogP contribution in [0.1, 0.15) is 46.0 Å². The predicted molar refractivity (Wildman–Crippen MR) is 79.2 cm³/mol. The molecular formula is C14H28N2O2S. The monoisotopic (exact) mass is 288 g/mol. The summed E-state index contributed by atoms with van der Waals surface area (Å²) in [5.74, 6) is 0.286. The lowest BCUT2D eigenvalue weighted by Crippen LogP contribution is -2.68. The summed E-state index contributed by atoms with van der Waals surface area (Å²) < 4.78 is 22.9. The Bertz CT molecular complexity index is 415. The molecule has 19 heavy (non-hydrogen) atoms. The van der Waals surface area contributed by atoms with E-state index in [0.29, 0.717) is 6.54 Å². The predicted octanol–water partition coefficient (Wildman–Crippen LogP) is 1.42. The molecule has 1 aliphatic carbocycles. The molecule has 1 spiro atoms. The molecule has 1 saturated heterocycles. The fraction of sp³-hybridized carbons (Fsp3) is 1.00. The van der Waals surface area contributed by atoms with Crippen LogP contribution in [0.15, 0.2) is 0 Å². The van der Waals surface area contributed by atoms with Crippen molar-refractivity contribution < 1.29 is 8.42 Å². The van der Waals surface area contributed by atoms with E-state index >= 15 is 0 Å². The normalized spacial score (nSPS) is 31.9. The van der Waals surface area contributed by atoms with E-state index in [1.807, 2.05) is 0 Å². The molecule has 0 radical (unpaired) electrons. The third-order valence-corrected chi connectivity index (χ3v) is 6.03. The van der Waals surface area contributed by atoms with Gasteiger partial charge in [0, 0.05) is 37.0 Å². The van der Waals surface area contributed by atoms with Gasteiger partial charge in [0.15, 0.2) is 0 Å². The Kier molecular flexibility index (Phi) is 4.29. The van der Waals surface area contributed by atoms with Gasteiger partial charge >= 0.3 is 0 Å². The van der Waals surface area contributed by atoms with E-state index in [2.05, 4.69) is 24.1 Å². The molecule has 1 N–H and O–H groups in total. The zero-order valence-corrected chi connectivity index (χ0v) is 13.4. The van der Waals surface area contributed by atoms with Crippen LogP contribution in [-0.4, -0.2) is 56.0 Å². The van der Waals surface area contributed by atoms with E-state index in [1.54, 1.807) is 0 Å². The van der Waals surface area contributed by atoms with E-state index in [1.165, 1.54) is 31.9 Å². The number of hydrogen-bond acceptors (Lipinski definition) is 4. The summed E-state index contributed by atoms with van der Waals surface area (Å²) in [7, 11) is -2.88. The second-order valence-corrected chi connectivity index (χ2v) is 9.01. The van der Waals surface area contributed by atoms with E-state index in [9.17, 15) is 8.42 Å². The minimum absolute atomic E-state index is 0.130. The summed E-state index contributed by atoms with van der Waals surface area (Å²) >= 11 is 0. The Morgan fingerprint density at radius 3 is 2.42 bits per heavy atom. The summed E-state index contributed by atoms with van der Waals surface area (Å²) in [6.07, 6.45) is 7.40. The highest BCUT2D eigenvalue weighted by molar-refractivity contribution is 7.90. The lowest BCUT2D eigenvalue weighted by molar-refractivity contribution is 0.0169. The summed E-state index contributed by atoms with van der Waals surface area (Å²) in [5.41, 5.74) is 0.352. The van der Waals surface area contributed by atoms with Gasteiger partial charge in [0.25, 0.3) is 0 Å². The molecule has 1 saturated carbocycles. The highest BCUT2D eigenvalue weighted by Gasteiger charge is 2.46. The molecule has 2 rings (SSSR count).